The number of hydrogen-bond acceptors (Lipinski definition) is 6. The summed E-state index contributed by atoms with van der Waals surface area (Å²) in [6.07, 6.45) is -1.56. The maximum absolute atomic E-state index is 13.6. The molecule has 3 aromatic rings. The van der Waals surface area contributed by atoms with Gasteiger partial charge in [-0.05, 0) is 47.6 Å². The highest BCUT2D eigenvalue weighted by atomic mass is 16.5. The van der Waals surface area contributed by atoms with Gasteiger partial charge >= 0.3 is 12.1 Å². The van der Waals surface area contributed by atoms with Gasteiger partial charge in [0.1, 0.15) is 12.1 Å². The van der Waals surface area contributed by atoms with Crippen molar-refractivity contribution in [2.45, 2.75) is 49.9 Å². The number of carboxylic acids is 1. The minimum atomic E-state index is -1.51. The Morgan fingerprint density at radius 3 is 2.05 bits per heavy atom. The number of piperidine rings is 1. The standard InChI is InChI=1S/C32H35N3O6/c1-21(36)28(29(37)38)33-30(39)32(15-17-35(18-16-32)19-22-9-3-2-4-10-22)34-31(40)41-20-27-25-13-7-5-11-23(25)24-12-6-8-14-26(24)27/h2-14,21,27-28,36H,15-20H2,1H3,(H,33,39)(H,34,40)(H,37,38). The van der Waals surface area contributed by atoms with Crippen molar-refractivity contribution >= 4 is 18.0 Å². The molecule has 1 aliphatic heterocycles. The van der Waals surface area contributed by atoms with Crippen molar-refractivity contribution in [2.75, 3.05) is 19.7 Å². The minimum absolute atomic E-state index is 0.0864. The van der Waals surface area contributed by atoms with Gasteiger partial charge in [0.15, 0.2) is 6.04 Å². The summed E-state index contributed by atoms with van der Waals surface area (Å²) >= 11 is 0. The number of aliphatic hydroxyl groups is 1. The van der Waals surface area contributed by atoms with Crippen LogP contribution in [-0.4, -0.2) is 70.5 Å². The molecule has 2 amide bonds. The molecule has 0 bridgehead atoms. The number of hydrogen-bond donors (Lipinski definition) is 4. The number of carbonyl (C=O) groups is 3. The van der Waals surface area contributed by atoms with Gasteiger partial charge in [-0.25, -0.2) is 9.59 Å². The summed E-state index contributed by atoms with van der Waals surface area (Å²) in [4.78, 5) is 40.7. The normalized spacial score (nSPS) is 17.5. The monoisotopic (exact) mass is 557 g/mol. The summed E-state index contributed by atoms with van der Waals surface area (Å²) in [5, 5.41) is 24.7. The van der Waals surface area contributed by atoms with E-state index in [-0.39, 0.29) is 25.4 Å². The van der Waals surface area contributed by atoms with Crippen LogP contribution in [0.3, 0.4) is 0 Å². The molecule has 9 nitrogen and oxygen atoms in total. The number of nitrogens with one attached hydrogen (secondary N) is 2. The van der Waals surface area contributed by atoms with E-state index in [0.717, 1.165) is 27.8 Å². The molecule has 5 rings (SSSR count). The smallest absolute Gasteiger partial charge is 0.408 e. The Balaban J connectivity index is 1.30. The van der Waals surface area contributed by atoms with Gasteiger partial charge in [-0.1, -0.05) is 78.9 Å². The lowest BCUT2D eigenvalue weighted by molar-refractivity contribution is -0.146. The van der Waals surface area contributed by atoms with Crippen LogP contribution in [0.4, 0.5) is 4.79 Å². The van der Waals surface area contributed by atoms with Gasteiger partial charge < -0.3 is 25.6 Å². The summed E-state index contributed by atoms with van der Waals surface area (Å²) in [7, 11) is 0. The van der Waals surface area contributed by atoms with Crippen LogP contribution < -0.4 is 10.6 Å². The first-order valence-corrected chi connectivity index (χ1v) is 13.9. The fourth-order valence-electron chi connectivity index (χ4n) is 5.84. The number of likely N-dealkylation sites (tertiary alicyclic amines) is 1. The third kappa shape index (κ3) is 6.11. The zero-order chi connectivity index (χ0) is 29.0. The van der Waals surface area contributed by atoms with Crippen molar-refractivity contribution in [3.05, 3.63) is 95.6 Å². The molecule has 1 aliphatic carbocycles. The van der Waals surface area contributed by atoms with Crippen LogP contribution in [0.15, 0.2) is 78.9 Å². The molecular formula is C32H35N3O6. The van der Waals surface area contributed by atoms with Crippen molar-refractivity contribution in [1.82, 2.24) is 15.5 Å². The Morgan fingerprint density at radius 1 is 0.927 bits per heavy atom. The molecule has 4 N–H and O–H groups in total. The molecule has 214 valence electrons. The highest BCUT2D eigenvalue weighted by molar-refractivity contribution is 5.93. The SMILES string of the molecule is CC(O)C(NC(=O)C1(NC(=O)OCC2c3ccccc3-c3ccccc32)CCN(Cc2ccccc2)CC1)C(=O)O. The van der Waals surface area contributed by atoms with Crippen LogP contribution in [0.2, 0.25) is 0 Å². The molecule has 1 heterocycles. The van der Waals surface area contributed by atoms with Crippen molar-refractivity contribution in [1.29, 1.82) is 0 Å². The van der Waals surface area contributed by atoms with E-state index in [4.69, 9.17) is 4.74 Å². The van der Waals surface area contributed by atoms with Gasteiger partial charge in [-0.3, -0.25) is 9.69 Å². The Labute approximate surface area is 239 Å². The topological polar surface area (TPSA) is 128 Å². The van der Waals surface area contributed by atoms with E-state index in [1.165, 1.54) is 6.92 Å². The highest BCUT2D eigenvalue weighted by Gasteiger charge is 2.45. The van der Waals surface area contributed by atoms with Crippen LogP contribution in [0.1, 0.15) is 42.4 Å². The molecule has 3 aromatic carbocycles. The van der Waals surface area contributed by atoms with E-state index in [1.807, 2.05) is 66.7 Å². The van der Waals surface area contributed by atoms with Gasteiger partial charge in [-0.2, -0.15) is 0 Å². The number of alkyl carbamates (subject to hydrolysis) is 1. The lowest BCUT2D eigenvalue weighted by Gasteiger charge is -2.41. The number of aliphatic hydroxyl groups excluding tert-OH is 1. The summed E-state index contributed by atoms with van der Waals surface area (Å²) < 4.78 is 5.73. The molecule has 41 heavy (non-hydrogen) atoms. The van der Waals surface area contributed by atoms with Crippen molar-refractivity contribution in [3.8, 4) is 11.1 Å². The molecule has 0 spiro atoms. The van der Waals surface area contributed by atoms with Gasteiger partial charge in [0.2, 0.25) is 5.91 Å². The van der Waals surface area contributed by atoms with Gasteiger partial charge in [0, 0.05) is 25.6 Å². The van der Waals surface area contributed by atoms with Crippen LogP contribution >= 0.6 is 0 Å². The van der Waals surface area contributed by atoms with E-state index in [0.29, 0.717) is 19.6 Å². The second-order valence-electron chi connectivity index (χ2n) is 10.8. The third-order valence-electron chi connectivity index (χ3n) is 8.11. The average molecular weight is 558 g/mol. The van der Waals surface area contributed by atoms with Crippen LogP contribution in [0, 0.1) is 0 Å². The number of carbonyl (C=O) groups excluding carboxylic acids is 2. The maximum atomic E-state index is 13.6. The number of fused-ring (bicyclic) bond motifs is 3. The second kappa shape index (κ2) is 12.1. The van der Waals surface area contributed by atoms with Gasteiger partial charge in [0.05, 0.1) is 6.10 Å². The van der Waals surface area contributed by atoms with E-state index in [9.17, 15) is 24.6 Å². The number of ether oxygens (including phenoxy) is 1. The van der Waals surface area contributed by atoms with Gasteiger partial charge in [-0.15, -0.1) is 0 Å². The molecule has 0 aromatic heterocycles. The number of amides is 2. The Hall–Kier alpha value is -4.21. The lowest BCUT2D eigenvalue weighted by atomic mass is 9.85. The fourth-order valence-corrected chi connectivity index (χ4v) is 5.84. The number of benzene rings is 3. The number of aliphatic carboxylic acids is 1. The largest absolute Gasteiger partial charge is 0.480 e. The molecule has 2 atom stereocenters. The molecule has 9 heteroatoms. The first-order chi connectivity index (χ1) is 19.8. The maximum Gasteiger partial charge on any atom is 0.408 e. The number of carboxylic acid groups (broad SMARTS) is 1. The number of nitrogens with zero attached hydrogens (tertiary/aromatic N) is 1. The first-order valence-electron chi connectivity index (χ1n) is 13.9. The Kier molecular flexibility index (Phi) is 8.37. The zero-order valence-corrected chi connectivity index (χ0v) is 23.0. The molecule has 0 radical (unpaired) electrons. The second-order valence-corrected chi connectivity index (χ2v) is 10.8. The average Bonchev–Trinajstić information content (AvgIpc) is 3.29. The predicted octanol–water partition coefficient (Wildman–Crippen LogP) is 3.51. The molecule has 2 aliphatic rings. The Morgan fingerprint density at radius 2 is 1.49 bits per heavy atom. The van der Waals surface area contributed by atoms with Crippen LogP contribution in [0.25, 0.3) is 11.1 Å². The molecule has 2 unspecified atom stereocenters. The van der Waals surface area contributed by atoms with Crippen LogP contribution in [0.5, 0.6) is 0 Å². The van der Waals surface area contributed by atoms with Crippen molar-refractivity contribution < 1.29 is 29.3 Å². The molecular weight excluding hydrogens is 522 g/mol. The third-order valence-corrected chi connectivity index (χ3v) is 8.11. The summed E-state index contributed by atoms with van der Waals surface area (Å²) in [6.45, 7) is 3.07. The molecule has 1 fully saturated rings. The zero-order valence-electron chi connectivity index (χ0n) is 23.0. The van der Waals surface area contributed by atoms with Crippen molar-refractivity contribution in [2.24, 2.45) is 0 Å². The summed E-state index contributed by atoms with van der Waals surface area (Å²) in [6, 6.07) is 24.5. The van der Waals surface area contributed by atoms with E-state index in [1.54, 1.807) is 0 Å². The Bertz CT molecular complexity index is 1360. The number of rotatable bonds is 9. The quantitative estimate of drug-likeness (QED) is 0.317. The predicted molar refractivity (Wildman–Crippen MR) is 153 cm³/mol. The van der Waals surface area contributed by atoms with Crippen LogP contribution in [-0.2, 0) is 20.9 Å². The van der Waals surface area contributed by atoms with E-state index < -0.39 is 35.7 Å². The van der Waals surface area contributed by atoms with E-state index >= 15 is 0 Å². The van der Waals surface area contributed by atoms with Gasteiger partial charge in [0.25, 0.3) is 0 Å². The minimum Gasteiger partial charge on any atom is -0.480 e. The summed E-state index contributed by atoms with van der Waals surface area (Å²) in [5.41, 5.74) is 4.11. The first kappa shape index (κ1) is 28.3. The fraction of sp³-hybridized carbons (Fsp3) is 0.344. The summed E-state index contributed by atoms with van der Waals surface area (Å²) in [5.74, 6) is -2.15. The van der Waals surface area contributed by atoms with Crippen molar-refractivity contribution in [3.63, 3.8) is 0 Å². The highest BCUT2D eigenvalue weighted by Crippen LogP contribution is 2.44. The molecule has 1 saturated heterocycles. The van der Waals surface area contributed by atoms with E-state index in [2.05, 4.69) is 27.7 Å². The molecule has 0 saturated carbocycles. The lowest BCUT2D eigenvalue weighted by Crippen LogP contribution is -2.65.